The number of hydrogen-bond acceptors (Lipinski definition) is 1. The number of halogens is 3. The van der Waals surface area contributed by atoms with Crippen LogP contribution >= 0.6 is 27.5 Å². The highest BCUT2D eigenvalue weighted by molar-refractivity contribution is 9.09. The fourth-order valence-electron chi connectivity index (χ4n) is 0.720. The van der Waals surface area contributed by atoms with Crippen molar-refractivity contribution in [1.82, 2.24) is 4.98 Å². The lowest BCUT2D eigenvalue weighted by atomic mass is 10.2. The molecule has 0 atom stereocenters. The first-order valence-corrected chi connectivity index (χ1v) is 5.10. The third-order valence-corrected chi connectivity index (χ3v) is 1.95. The molecule has 1 heterocycles. The van der Waals surface area contributed by atoms with Crippen LogP contribution in [0.5, 0.6) is 0 Å². The molecule has 1 aromatic heterocycles. The van der Waals surface area contributed by atoms with Crippen LogP contribution in [0.1, 0.15) is 12.0 Å². The van der Waals surface area contributed by atoms with Crippen molar-refractivity contribution in [2.24, 2.45) is 0 Å². The summed E-state index contributed by atoms with van der Waals surface area (Å²) in [4.78, 5) is 3.58. The monoisotopic (exact) mass is 261 g/mol. The van der Waals surface area contributed by atoms with E-state index in [9.17, 15) is 4.39 Å². The zero-order valence-corrected chi connectivity index (χ0v) is 8.99. The molecule has 0 unspecified atom stereocenters. The Morgan fingerprint density at radius 3 is 3.08 bits per heavy atom. The van der Waals surface area contributed by atoms with E-state index in [0.717, 1.165) is 5.33 Å². The van der Waals surface area contributed by atoms with E-state index >= 15 is 0 Å². The van der Waals surface area contributed by atoms with Crippen molar-refractivity contribution in [2.45, 2.75) is 6.42 Å². The van der Waals surface area contributed by atoms with Gasteiger partial charge in [-0.15, -0.1) is 0 Å². The Morgan fingerprint density at radius 2 is 2.38 bits per heavy atom. The Hall–Kier alpha value is -0.590. The van der Waals surface area contributed by atoms with Gasteiger partial charge < -0.3 is 0 Å². The summed E-state index contributed by atoms with van der Waals surface area (Å²) >= 11 is 8.68. The molecule has 0 saturated heterocycles. The average molecular weight is 263 g/mol. The lowest BCUT2D eigenvalue weighted by Gasteiger charge is -1.94. The van der Waals surface area contributed by atoms with E-state index in [1.165, 1.54) is 12.3 Å². The lowest BCUT2D eigenvalue weighted by Crippen LogP contribution is -1.87. The SMILES string of the molecule is Fc1c(C#CCCBr)ccnc1Cl. The molecule has 0 amide bonds. The van der Waals surface area contributed by atoms with Crippen molar-refractivity contribution < 1.29 is 4.39 Å². The van der Waals surface area contributed by atoms with Crippen molar-refractivity contribution in [1.29, 1.82) is 0 Å². The second-order valence-corrected chi connectivity index (χ2v) is 3.36. The minimum absolute atomic E-state index is 0.134. The average Bonchev–Trinajstić information content (AvgIpc) is 2.13. The van der Waals surface area contributed by atoms with Gasteiger partial charge in [0.2, 0.25) is 0 Å². The number of pyridine rings is 1. The predicted molar refractivity (Wildman–Crippen MR) is 54.5 cm³/mol. The van der Waals surface area contributed by atoms with Crippen LogP contribution in [0.25, 0.3) is 0 Å². The van der Waals surface area contributed by atoms with Crippen molar-refractivity contribution in [3.8, 4) is 11.8 Å². The van der Waals surface area contributed by atoms with E-state index in [-0.39, 0.29) is 5.15 Å². The zero-order valence-electron chi connectivity index (χ0n) is 6.65. The molecule has 68 valence electrons. The summed E-state index contributed by atoms with van der Waals surface area (Å²) in [5.41, 5.74) is 0.293. The quantitative estimate of drug-likeness (QED) is 0.431. The number of hydrogen-bond donors (Lipinski definition) is 0. The smallest absolute Gasteiger partial charge is 0.176 e. The Kier molecular flexibility index (Phi) is 4.20. The molecule has 0 spiro atoms. The maximum absolute atomic E-state index is 13.1. The first kappa shape index (κ1) is 10.5. The fourth-order valence-corrected chi connectivity index (χ4v) is 1.08. The van der Waals surface area contributed by atoms with Gasteiger partial charge in [0.1, 0.15) is 0 Å². The predicted octanol–water partition coefficient (Wildman–Crippen LogP) is 3.01. The van der Waals surface area contributed by atoms with Crippen molar-refractivity contribution in [3.63, 3.8) is 0 Å². The molecule has 0 aliphatic rings. The van der Waals surface area contributed by atoms with Gasteiger partial charge in [-0.3, -0.25) is 0 Å². The molecule has 0 N–H and O–H groups in total. The van der Waals surface area contributed by atoms with Crippen LogP contribution in [0.2, 0.25) is 5.15 Å². The molecule has 13 heavy (non-hydrogen) atoms. The van der Waals surface area contributed by atoms with Crippen LogP contribution in [-0.2, 0) is 0 Å². The maximum atomic E-state index is 13.1. The Labute approximate surface area is 89.4 Å². The molecule has 0 saturated carbocycles. The molecule has 1 nitrogen and oxygen atoms in total. The number of rotatable bonds is 1. The summed E-state index contributed by atoms with van der Waals surface area (Å²) in [7, 11) is 0. The van der Waals surface area contributed by atoms with Crippen molar-refractivity contribution >= 4 is 27.5 Å². The Balaban J connectivity index is 2.91. The Morgan fingerprint density at radius 1 is 1.62 bits per heavy atom. The highest BCUT2D eigenvalue weighted by atomic mass is 79.9. The second-order valence-electron chi connectivity index (χ2n) is 2.20. The van der Waals surface area contributed by atoms with Gasteiger partial charge in [-0.25, -0.2) is 9.37 Å². The molecule has 1 rings (SSSR count). The highest BCUT2D eigenvalue weighted by Gasteiger charge is 2.03. The maximum Gasteiger partial charge on any atom is 0.176 e. The topological polar surface area (TPSA) is 12.9 Å². The van der Waals surface area contributed by atoms with Gasteiger partial charge >= 0.3 is 0 Å². The van der Waals surface area contributed by atoms with Crippen molar-refractivity contribution in [2.75, 3.05) is 5.33 Å². The van der Waals surface area contributed by atoms with E-state index in [0.29, 0.717) is 12.0 Å². The standard InChI is InChI=1S/C9H6BrClFN/c10-5-2-1-3-7-4-6-13-9(11)8(7)12/h4,6H,2,5H2. The van der Waals surface area contributed by atoms with Crippen LogP contribution in [0.3, 0.4) is 0 Å². The molecule has 0 fully saturated rings. The van der Waals surface area contributed by atoms with Crippen LogP contribution in [0, 0.1) is 17.7 Å². The second kappa shape index (κ2) is 5.21. The van der Waals surface area contributed by atoms with Crippen LogP contribution in [0.4, 0.5) is 4.39 Å². The summed E-state index contributed by atoms with van der Waals surface area (Å²) in [6.45, 7) is 0. The van der Waals surface area contributed by atoms with Gasteiger partial charge in [0.15, 0.2) is 11.0 Å². The third-order valence-electron chi connectivity index (χ3n) is 1.29. The lowest BCUT2D eigenvalue weighted by molar-refractivity contribution is 0.618. The van der Waals surface area contributed by atoms with Gasteiger partial charge in [0.05, 0.1) is 5.56 Å². The van der Waals surface area contributed by atoms with E-state index in [4.69, 9.17) is 11.6 Å². The van der Waals surface area contributed by atoms with Crippen LogP contribution in [0.15, 0.2) is 12.3 Å². The molecule has 0 aliphatic heterocycles. The molecule has 4 heteroatoms. The fraction of sp³-hybridized carbons (Fsp3) is 0.222. The first-order valence-electron chi connectivity index (χ1n) is 3.60. The van der Waals surface area contributed by atoms with E-state index < -0.39 is 5.82 Å². The van der Waals surface area contributed by atoms with Gasteiger partial charge in [-0.05, 0) is 6.07 Å². The first-order chi connectivity index (χ1) is 6.25. The van der Waals surface area contributed by atoms with E-state index in [1.807, 2.05) is 0 Å². The molecule has 0 bridgehead atoms. The van der Waals surface area contributed by atoms with Crippen molar-refractivity contribution in [3.05, 3.63) is 28.8 Å². The largest absolute Gasteiger partial charge is 0.241 e. The molecular formula is C9H6BrClFN. The van der Waals surface area contributed by atoms with Gasteiger partial charge in [0.25, 0.3) is 0 Å². The molecule has 0 aromatic carbocycles. The van der Waals surface area contributed by atoms with Crippen LogP contribution < -0.4 is 0 Å². The zero-order chi connectivity index (χ0) is 9.68. The minimum atomic E-state index is -0.550. The summed E-state index contributed by atoms with van der Waals surface area (Å²) in [6, 6.07) is 1.50. The molecule has 1 aromatic rings. The van der Waals surface area contributed by atoms with Gasteiger partial charge in [0, 0.05) is 17.9 Å². The summed E-state index contributed by atoms with van der Waals surface area (Å²) in [6.07, 6.45) is 2.11. The van der Waals surface area contributed by atoms with E-state index in [1.54, 1.807) is 0 Å². The normalized spacial score (nSPS) is 9.15. The third kappa shape index (κ3) is 2.98. The number of nitrogens with zero attached hydrogens (tertiary/aromatic N) is 1. The minimum Gasteiger partial charge on any atom is -0.241 e. The van der Waals surface area contributed by atoms with Gasteiger partial charge in [-0.2, -0.15) is 0 Å². The molecule has 0 radical (unpaired) electrons. The summed E-state index contributed by atoms with van der Waals surface area (Å²) < 4.78 is 13.1. The Bertz CT molecular complexity index is 356. The summed E-state index contributed by atoms with van der Waals surface area (Å²) in [5.74, 6) is 4.92. The number of alkyl halides is 1. The number of aromatic nitrogens is 1. The van der Waals surface area contributed by atoms with Gasteiger partial charge in [-0.1, -0.05) is 39.4 Å². The molecular weight excluding hydrogens is 256 g/mol. The highest BCUT2D eigenvalue weighted by Crippen LogP contribution is 2.13. The molecule has 0 aliphatic carbocycles. The van der Waals surface area contributed by atoms with E-state index in [2.05, 4.69) is 32.8 Å². The van der Waals surface area contributed by atoms with Crippen LogP contribution in [-0.4, -0.2) is 10.3 Å². The summed E-state index contributed by atoms with van der Waals surface area (Å²) in [5, 5.41) is 0.645.